The molecule has 7 aromatic carbocycles. The molecule has 0 atom stereocenters. The van der Waals surface area contributed by atoms with Gasteiger partial charge in [0.2, 0.25) is 0 Å². The zero-order valence-corrected chi connectivity index (χ0v) is 26.5. The molecular formula is C45H29N3O. The Morgan fingerprint density at radius 3 is 1.45 bits per heavy atom. The molecule has 0 N–H and O–H groups in total. The highest BCUT2D eigenvalue weighted by molar-refractivity contribution is 6.11. The van der Waals surface area contributed by atoms with Gasteiger partial charge in [-0.25, -0.2) is 15.0 Å². The zero-order valence-electron chi connectivity index (χ0n) is 26.5. The minimum atomic E-state index is 0.599. The van der Waals surface area contributed by atoms with E-state index in [1.165, 1.54) is 0 Å². The van der Waals surface area contributed by atoms with E-state index in [-0.39, 0.29) is 0 Å². The summed E-state index contributed by atoms with van der Waals surface area (Å²) < 4.78 is 6.63. The minimum absolute atomic E-state index is 0.599. The molecule has 0 radical (unpaired) electrons. The molecule has 0 aliphatic carbocycles. The van der Waals surface area contributed by atoms with Crippen molar-refractivity contribution in [1.82, 2.24) is 15.0 Å². The SMILES string of the molecule is c1ccc(-c2cc(-c3nc(-c4ccccc4)nc(-c4ccccc4)n3)c(-c3ccccc3)c(-c3cccc4c3oc3ccccc34)c2)cc1. The zero-order chi connectivity index (χ0) is 32.6. The molecular weight excluding hydrogens is 599 g/mol. The summed E-state index contributed by atoms with van der Waals surface area (Å²) in [6.07, 6.45) is 0. The molecule has 0 saturated carbocycles. The Balaban J connectivity index is 1.41. The first-order valence-corrected chi connectivity index (χ1v) is 16.4. The molecule has 2 heterocycles. The Bertz CT molecular complexity index is 2520. The van der Waals surface area contributed by atoms with Crippen molar-refractivity contribution in [3.63, 3.8) is 0 Å². The van der Waals surface area contributed by atoms with Crippen molar-refractivity contribution in [3.05, 3.63) is 176 Å². The lowest BCUT2D eigenvalue weighted by Crippen LogP contribution is -2.02. The van der Waals surface area contributed by atoms with Crippen LogP contribution in [0.5, 0.6) is 0 Å². The van der Waals surface area contributed by atoms with Crippen LogP contribution in [0.25, 0.3) is 89.5 Å². The highest BCUT2D eigenvalue weighted by Crippen LogP contribution is 2.46. The predicted molar refractivity (Wildman–Crippen MR) is 200 cm³/mol. The molecule has 0 aliphatic heterocycles. The van der Waals surface area contributed by atoms with E-state index in [0.29, 0.717) is 17.5 Å². The van der Waals surface area contributed by atoms with Crippen LogP contribution in [-0.2, 0) is 0 Å². The van der Waals surface area contributed by atoms with Crippen LogP contribution in [-0.4, -0.2) is 15.0 Å². The maximum absolute atomic E-state index is 6.63. The van der Waals surface area contributed by atoms with Gasteiger partial charge in [-0.05, 0) is 40.5 Å². The van der Waals surface area contributed by atoms with Gasteiger partial charge in [0.05, 0.1) is 0 Å². The molecule has 0 saturated heterocycles. The summed E-state index contributed by atoms with van der Waals surface area (Å²) in [7, 11) is 0. The van der Waals surface area contributed by atoms with E-state index in [0.717, 1.165) is 72.0 Å². The van der Waals surface area contributed by atoms with Gasteiger partial charge in [-0.2, -0.15) is 0 Å². The molecule has 0 bridgehead atoms. The van der Waals surface area contributed by atoms with E-state index in [4.69, 9.17) is 19.4 Å². The van der Waals surface area contributed by atoms with Crippen molar-refractivity contribution < 1.29 is 4.42 Å². The van der Waals surface area contributed by atoms with Crippen LogP contribution < -0.4 is 0 Å². The summed E-state index contributed by atoms with van der Waals surface area (Å²) in [6.45, 7) is 0. The number of nitrogens with zero attached hydrogens (tertiary/aromatic N) is 3. The second-order valence-electron chi connectivity index (χ2n) is 12.0. The molecule has 4 nitrogen and oxygen atoms in total. The van der Waals surface area contributed by atoms with Crippen LogP contribution in [0.4, 0.5) is 0 Å². The predicted octanol–water partition coefficient (Wildman–Crippen LogP) is 11.8. The van der Waals surface area contributed by atoms with Crippen LogP contribution in [0.15, 0.2) is 180 Å². The number of furan rings is 1. The fourth-order valence-electron chi connectivity index (χ4n) is 6.63. The van der Waals surface area contributed by atoms with Crippen molar-refractivity contribution >= 4 is 21.9 Å². The molecule has 0 aliphatic rings. The molecule has 9 aromatic rings. The molecule has 4 heteroatoms. The molecule has 0 unspecified atom stereocenters. The Morgan fingerprint density at radius 2 is 0.816 bits per heavy atom. The first kappa shape index (κ1) is 28.6. The summed E-state index contributed by atoms with van der Waals surface area (Å²) in [4.78, 5) is 15.4. The van der Waals surface area contributed by atoms with Crippen LogP contribution in [0.1, 0.15) is 0 Å². The van der Waals surface area contributed by atoms with Crippen LogP contribution >= 0.6 is 0 Å². The Kier molecular flexibility index (Phi) is 7.10. The maximum atomic E-state index is 6.63. The first-order chi connectivity index (χ1) is 24.3. The summed E-state index contributed by atoms with van der Waals surface area (Å²) in [5.74, 6) is 1.84. The number of benzene rings is 7. The summed E-state index contributed by atoms with van der Waals surface area (Å²) >= 11 is 0. The van der Waals surface area contributed by atoms with Crippen molar-refractivity contribution in [2.75, 3.05) is 0 Å². The second kappa shape index (κ2) is 12.2. The second-order valence-corrected chi connectivity index (χ2v) is 12.0. The first-order valence-electron chi connectivity index (χ1n) is 16.4. The highest BCUT2D eigenvalue weighted by atomic mass is 16.3. The molecule has 0 fully saturated rings. The van der Waals surface area contributed by atoms with Crippen LogP contribution in [0, 0.1) is 0 Å². The lowest BCUT2D eigenvalue weighted by Gasteiger charge is -2.19. The lowest BCUT2D eigenvalue weighted by atomic mass is 9.86. The Morgan fingerprint density at radius 1 is 0.327 bits per heavy atom. The summed E-state index contributed by atoms with van der Waals surface area (Å²) in [5, 5.41) is 2.18. The molecule has 0 amide bonds. The molecule has 49 heavy (non-hydrogen) atoms. The third kappa shape index (κ3) is 5.26. The van der Waals surface area contributed by atoms with Gasteiger partial charge in [-0.1, -0.05) is 158 Å². The largest absolute Gasteiger partial charge is 0.455 e. The van der Waals surface area contributed by atoms with E-state index < -0.39 is 0 Å². The van der Waals surface area contributed by atoms with E-state index in [9.17, 15) is 0 Å². The number of aromatic nitrogens is 3. The standard InChI is InChI=1S/C45H29N3O/c1-5-16-30(17-6-1)34-28-38(37-26-15-25-36-35-24-13-14-27-40(35)49-42(36)37)41(31-18-7-2-8-19-31)39(29-34)45-47-43(32-20-9-3-10-21-32)46-44(48-45)33-22-11-4-12-23-33/h1-29H. The molecule has 230 valence electrons. The summed E-state index contributed by atoms with van der Waals surface area (Å²) in [5.41, 5.74) is 10.8. The molecule has 2 aromatic heterocycles. The van der Waals surface area contributed by atoms with Gasteiger partial charge in [-0.3, -0.25) is 0 Å². The number of rotatable bonds is 6. The Hall–Kier alpha value is -6.65. The smallest absolute Gasteiger partial charge is 0.164 e. The fraction of sp³-hybridized carbons (Fsp3) is 0. The summed E-state index contributed by atoms with van der Waals surface area (Å²) in [6, 6.07) is 60.4. The van der Waals surface area contributed by atoms with Crippen molar-refractivity contribution in [2.45, 2.75) is 0 Å². The minimum Gasteiger partial charge on any atom is -0.455 e. The van der Waals surface area contributed by atoms with Gasteiger partial charge in [0.1, 0.15) is 11.2 Å². The number of hydrogen-bond acceptors (Lipinski definition) is 4. The van der Waals surface area contributed by atoms with Gasteiger partial charge in [-0.15, -0.1) is 0 Å². The highest BCUT2D eigenvalue weighted by Gasteiger charge is 2.23. The topological polar surface area (TPSA) is 51.8 Å². The van der Waals surface area contributed by atoms with Gasteiger partial charge in [0.25, 0.3) is 0 Å². The lowest BCUT2D eigenvalue weighted by molar-refractivity contribution is 0.670. The average Bonchev–Trinajstić information content (AvgIpc) is 3.58. The Labute approximate surface area is 284 Å². The number of para-hydroxylation sites is 2. The third-order valence-electron chi connectivity index (χ3n) is 8.94. The van der Waals surface area contributed by atoms with E-state index in [1.54, 1.807) is 0 Å². The van der Waals surface area contributed by atoms with Crippen molar-refractivity contribution in [1.29, 1.82) is 0 Å². The average molecular weight is 628 g/mol. The maximum Gasteiger partial charge on any atom is 0.164 e. The van der Waals surface area contributed by atoms with Gasteiger partial charge in [0.15, 0.2) is 17.5 Å². The van der Waals surface area contributed by atoms with Gasteiger partial charge >= 0.3 is 0 Å². The van der Waals surface area contributed by atoms with Crippen LogP contribution in [0.2, 0.25) is 0 Å². The van der Waals surface area contributed by atoms with Gasteiger partial charge < -0.3 is 4.42 Å². The third-order valence-corrected chi connectivity index (χ3v) is 8.94. The normalized spacial score (nSPS) is 11.3. The quantitative estimate of drug-likeness (QED) is 0.184. The molecule has 0 spiro atoms. The van der Waals surface area contributed by atoms with E-state index in [1.807, 2.05) is 84.9 Å². The number of hydrogen-bond donors (Lipinski definition) is 0. The number of fused-ring (bicyclic) bond motifs is 3. The molecule has 9 rings (SSSR count). The fourth-order valence-corrected chi connectivity index (χ4v) is 6.63. The van der Waals surface area contributed by atoms with E-state index in [2.05, 4.69) is 91.0 Å². The van der Waals surface area contributed by atoms with Gasteiger partial charge in [0, 0.05) is 38.6 Å². The monoisotopic (exact) mass is 627 g/mol. The van der Waals surface area contributed by atoms with Crippen LogP contribution in [0.3, 0.4) is 0 Å². The van der Waals surface area contributed by atoms with Crippen molar-refractivity contribution in [2.24, 2.45) is 0 Å². The van der Waals surface area contributed by atoms with E-state index >= 15 is 0 Å². The van der Waals surface area contributed by atoms with Crippen molar-refractivity contribution in [3.8, 4) is 67.5 Å².